The summed E-state index contributed by atoms with van der Waals surface area (Å²) in [5.74, 6) is 0. The smallest absolute Gasteiger partial charge is 0.0732 e. The number of rotatable bonds is 1. The summed E-state index contributed by atoms with van der Waals surface area (Å²) in [4.78, 5) is 3.61. The minimum absolute atomic E-state index is 0.221. The van der Waals surface area contributed by atoms with Crippen LogP contribution in [0.1, 0.15) is 28.4 Å². The molecule has 2 aromatic carbocycles. The molecule has 1 aromatic heterocycles. The van der Waals surface area contributed by atoms with Crippen molar-refractivity contribution in [3.05, 3.63) is 69.9 Å². The van der Waals surface area contributed by atoms with E-state index in [9.17, 15) is 0 Å². The SMILES string of the molecule is Cc1ccc2[nH]c3c(c2c1)CCNC3c1ccc(Cl)cc1. The number of aromatic amines is 1. The maximum atomic E-state index is 6.00. The molecule has 0 radical (unpaired) electrons. The van der Waals surface area contributed by atoms with E-state index in [1.165, 1.54) is 33.3 Å². The maximum Gasteiger partial charge on any atom is 0.0732 e. The zero-order valence-electron chi connectivity index (χ0n) is 11.9. The molecule has 2 N–H and O–H groups in total. The average Bonchev–Trinajstić information content (AvgIpc) is 2.86. The Morgan fingerprint density at radius 1 is 1.10 bits per heavy atom. The van der Waals surface area contributed by atoms with Crippen LogP contribution in [-0.2, 0) is 6.42 Å². The fourth-order valence-corrected chi connectivity index (χ4v) is 3.41. The number of nitrogens with one attached hydrogen (secondary N) is 2. The monoisotopic (exact) mass is 296 g/mol. The van der Waals surface area contributed by atoms with Gasteiger partial charge in [0.25, 0.3) is 0 Å². The van der Waals surface area contributed by atoms with Crippen molar-refractivity contribution in [1.82, 2.24) is 10.3 Å². The normalized spacial score (nSPS) is 17.9. The van der Waals surface area contributed by atoms with Crippen molar-refractivity contribution >= 4 is 22.5 Å². The van der Waals surface area contributed by atoms with Crippen LogP contribution in [-0.4, -0.2) is 11.5 Å². The summed E-state index contributed by atoms with van der Waals surface area (Å²) in [6.45, 7) is 3.15. The first-order chi connectivity index (χ1) is 10.2. The molecule has 0 amide bonds. The largest absolute Gasteiger partial charge is 0.357 e. The topological polar surface area (TPSA) is 27.8 Å². The van der Waals surface area contributed by atoms with Gasteiger partial charge in [0.2, 0.25) is 0 Å². The second-order valence-electron chi connectivity index (χ2n) is 5.75. The maximum absolute atomic E-state index is 6.00. The fourth-order valence-electron chi connectivity index (χ4n) is 3.28. The van der Waals surface area contributed by atoms with Gasteiger partial charge in [0, 0.05) is 28.2 Å². The Balaban J connectivity index is 1.88. The Morgan fingerprint density at radius 2 is 1.90 bits per heavy atom. The van der Waals surface area contributed by atoms with E-state index in [4.69, 9.17) is 11.6 Å². The summed E-state index contributed by atoms with van der Waals surface area (Å²) < 4.78 is 0. The number of halogens is 1. The number of aromatic nitrogens is 1. The van der Waals surface area contributed by atoms with Gasteiger partial charge in [-0.05, 0) is 48.7 Å². The number of H-pyrrole nitrogens is 1. The van der Waals surface area contributed by atoms with Crippen LogP contribution in [0.3, 0.4) is 0 Å². The lowest BCUT2D eigenvalue weighted by atomic mass is 9.94. The lowest BCUT2D eigenvalue weighted by Gasteiger charge is -2.24. The molecule has 0 spiro atoms. The average molecular weight is 297 g/mol. The van der Waals surface area contributed by atoms with Crippen molar-refractivity contribution in [2.45, 2.75) is 19.4 Å². The highest BCUT2D eigenvalue weighted by molar-refractivity contribution is 6.30. The molecule has 3 aromatic rings. The van der Waals surface area contributed by atoms with Crippen molar-refractivity contribution in [2.75, 3.05) is 6.54 Å². The highest BCUT2D eigenvalue weighted by Gasteiger charge is 2.24. The predicted octanol–water partition coefficient (Wildman–Crippen LogP) is 4.36. The van der Waals surface area contributed by atoms with Crippen molar-refractivity contribution in [1.29, 1.82) is 0 Å². The summed E-state index contributed by atoms with van der Waals surface area (Å²) in [7, 11) is 0. The van der Waals surface area contributed by atoms with E-state index in [0.717, 1.165) is 18.0 Å². The van der Waals surface area contributed by atoms with Gasteiger partial charge in [-0.25, -0.2) is 0 Å². The second kappa shape index (κ2) is 4.90. The second-order valence-corrected chi connectivity index (χ2v) is 6.19. The summed E-state index contributed by atoms with van der Waals surface area (Å²) in [6.07, 6.45) is 1.07. The standard InChI is InChI=1S/C18H17ClN2/c1-11-2-7-16-15(10-11)14-8-9-20-17(18(14)21-16)12-3-5-13(19)6-4-12/h2-7,10,17,20-21H,8-9H2,1H3. The highest BCUT2D eigenvalue weighted by Crippen LogP contribution is 2.34. The van der Waals surface area contributed by atoms with Crippen molar-refractivity contribution in [2.24, 2.45) is 0 Å². The molecule has 2 nitrogen and oxygen atoms in total. The quantitative estimate of drug-likeness (QED) is 0.686. The number of hydrogen-bond donors (Lipinski definition) is 2. The molecule has 1 aliphatic heterocycles. The summed E-state index contributed by atoms with van der Waals surface area (Å²) >= 11 is 6.00. The van der Waals surface area contributed by atoms with Gasteiger partial charge in [-0.3, -0.25) is 0 Å². The number of hydrogen-bond acceptors (Lipinski definition) is 1. The molecule has 1 unspecified atom stereocenters. The van der Waals surface area contributed by atoms with Gasteiger partial charge in [0.05, 0.1) is 6.04 Å². The van der Waals surface area contributed by atoms with E-state index in [1.54, 1.807) is 0 Å². The Labute approximate surface area is 129 Å². The van der Waals surface area contributed by atoms with Gasteiger partial charge < -0.3 is 10.3 Å². The predicted molar refractivity (Wildman–Crippen MR) is 88.0 cm³/mol. The van der Waals surface area contributed by atoms with Crippen LogP contribution < -0.4 is 5.32 Å². The lowest BCUT2D eigenvalue weighted by molar-refractivity contribution is 0.560. The lowest BCUT2D eigenvalue weighted by Crippen LogP contribution is -2.30. The molecule has 0 saturated heterocycles. The minimum atomic E-state index is 0.221. The molecule has 0 saturated carbocycles. The molecule has 3 heteroatoms. The molecule has 4 rings (SSSR count). The van der Waals surface area contributed by atoms with Crippen molar-refractivity contribution < 1.29 is 0 Å². The van der Waals surface area contributed by atoms with Crippen LogP contribution in [0.2, 0.25) is 5.02 Å². The first kappa shape index (κ1) is 12.9. The zero-order valence-corrected chi connectivity index (χ0v) is 12.7. The molecule has 2 heterocycles. The Hall–Kier alpha value is -1.77. The van der Waals surface area contributed by atoms with Gasteiger partial charge in [-0.1, -0.05) is 35.4 Å². The Morgan fingerprint density at radius 3 is 2.71 bits per heavy atom. The third-order valence-electron chi connectivity index (χ3n) is 4.31. The van der Waals surface area contributed by atoms with Gasteiger partial charge in [-0.2, -0.15) is 0 Å². The molecular weight excluding hydrogens is 280 g/mol. The van der Waals surface area contributed by atoms with E-state index in [0.29, 0.717) is 0 Å². The van der Waals surface area contributed by atoms with E-state index in [-0.39, 0.29) is 6.04 Å². The zero-order chi connectivity index (χ0) is 14.4. The first-order valence-corrected chi connectivity index (χ1v) is 7.70. The van der Waals surface area contributed by atoms with Crippen LogP contribution in [0.5, 0.6) is 0 Å². The molecule has 0 aliphatic carbocycles. The molecular formula is C18H17ClN2. The first-order valence-electron chi connectivity index (χ1n) is 7.32. The van der Waals surface area contributed by atoms with Crippen LogP contribution in [0, 0.1) is 6.92 Å². The van der Waals surface area contributed by atoms with E-state index >= 15 is 0 Å². The van der Waals surface area contributed by atoms with E-state index in [1.807, 2.05) is 12.1 Å². The van der Waals surface area contributed by atoms with E-state index < -0.39 is 0 Å². The Kier molecular flexibility index (Phi) is 3.02. The van der Waals surface area contributed by atoms with Crippen LogP contribution >= 0.6 is 11.6 Å². The van der Waals surface area contributed by atoms with Crippen molar-refractivity contribution in [3.8, 4) is 0 Å². The Bertz CT molecular complexity index is 802. The summed E-state index contributed by atoms with van der Waals surface area (Å²) in [5, 5.41) is 5.76. The molecule has 1 atom stereocenters. The fraction of sp³-hybridized carbons (Fsp3) is 0.222. The number of benzene rings is 2. The van der Waals surface area contributed by atoms with Crippen LogP contribution in [0.15, 0.2) is 42.5 Å². The van der Waals surface area contributed by atoms with Gasteiger partial charge in [-0.15, -0.1) is 0 Å². The highest BCUT2D eigenvalue weighted by atomic mass is 35.5. The van der Waals surface area contributed by atoms with Crippen molar-refractivity contribution in [3.63, 3.8) is 0 Å². The van der Waals surface area contributed by atoms with Crippen LogP contribution in [0.4, 0.5) is 0 Å². The molecule has 0 bridgehead atoms. The molecule has 1 aliphatic rings. The summed E-state index contributed by atoms with van der Waals surface area (Å²) in [5.41, 5.74) is 6.54. The van der Waals surface area contributed by atoms with Crippen LogP contribution in [0.25, 0.3) is 10.9 Å². The third-order valence-corrected chi connectivity index (χ3v) is 4.56. The van der Waals surface area contributed by atoms with Gasteiger partial charge >= 0.3 is 0 Å². The minimum Gasteiger partial charge on any atom is -0.357 e. The molecule has 21 heavy (non-hydrogen) atoms. The molecule has 0 fully saturated rings. The van der Waals surface area contributed by atoms with Gasteiger partial charge in [0.15, 0.2) is 0 Å². The van der Waals surface area contributed by atoms with E-state index in [2.05, 4.69) is 47.6 Å². The molecule has 106 valence electrons. The summed E-state index contributed by atoms with van der Waals surface area (Å²) in [6, 6.07) is 15.0. The number of aryl methyl sites for hydroxylation is 1. The third kappa shape index (κ3) is 2.15. The van der Waals surface area contributed by atoms with Gasteiger partial charge in [0.1, 0.15) is 0 Å². The number of fused-ring (bicyclic) bond motifs is 3.